The van der Waals surface area contributed by atoms with Gasteiger partial charge >= 0.3 is 0 Å². The van der Waals surface area contributed by atoms with Crippen LogP contribution in [0, 0.1) is 0 Å². The first-order chi connectivity index (χ1) is 12.0. The lowest BCUT2D eigenvalue weighted by atomic mass is 9.96. The van der Waals surface area contributed by atoms with Gasteiger partial charge in [-0.1, -0.05) is 23.7 Å². The molecule has 4 rings (SSSR count). The van der Waals surface area contributed by atoms with Crippen LogP contribution in [0.25, 0.3) is 21.3 Å². The van der Waals surface area contributed by atoms with Gasteiger partial charge in [0.2, 0.25) is 5.28 Å². The van der Waals surface area contributed by atoms with Gasteiger partial charge in [-0.15, -0.1) is 11.3 Å². The number of fused-ring (bicyclic) bond motifs is 1. The van der Waals surface area contributed by atoms with Crippen molar-refractivity contribution in [3.63, 3.8) is 0 Å². The number of rotatable bonds is 2. The highest BCUT2D eigenvalue weighted by atomic mass is 35.5. The van der Waals surface area contributed by atoms with Crippen molar-refractivity contribution in [3.05, 3.63) is 40.0 Å². The van der Waals surface area contributed by atoms with Crippen molar-refractivity contribution in [1.82, 2.24) is 9.97 Å². The highest BCUT2D eigenvalue weighted by Crippen LogP contribution is 2.41. The Morgan fingerprint density at radius 2 is 1.72 bits per heavy atom. The highest BCUT2D eigenvalue weighted by Gasteiger charge is 2.29. The van der Waals surface area contributed by atoms with Crippen molar-refractivity contribution in [3.8, 4) is 11.1 Å². The predicted octanol–water partition coefficient (Wildman–Crippen LogP) is 6.43. The molecule has 0 N–H and O–H groups in total. The van der Waals surface area contributed by atoms with Gasteiger partial charge in [0.25, 0.3) is 0 Å². The van der Waals surface area contributed by atoms with Gasteiger partial charge in [-0.2, -0.15) is 4.98 Å². The summed E-state index contributed by atoms with van der Waals surface area (Å²) in [6.07, 6.45) is 3.61. The molecule has 3 nitrogen and oxygen atoms in total. The maximum Gasteiger partial charge on any atom is 0.225 e. The number of anilines is 1. The second-order valence-corrected chi connectivity index (χ2v) is 8.32. The van der Waals surface area contributed by atoms with Crippen LogP contribution >= 0.6 is 34.5 Å². The van der Waals surface area contributed by atoms with E-state index in [1.807, 2.05) is 24.3 Å². The number of hydrogen-bond donors (Lipinski definition) is 0. The Morgan fingerprint density at radius 3 is 2.40 bits per heavy atom. The molecular weight excluding hydrogens is 373 g/mol. The van der Waals surface area contributed by atoms with E-state index in [-0.39, 0.29) is 0 Å². The van der Waals surface area contributed by atoms with E-state index in [1.54, 1.807) is 11.3 Å². The maximum atomic E-state index is 6.25. The van der Waals surface area contributed by atoms with Gasteiger partial charge in [0.1, 0.15) is 10.6 Å². The molecule has 0 bridgehead atoms. The predicted molar refractivity (Wildman–Crippen MR) is 108 cm³/mol. The van der Waals surface area contributed by atoms with Gasteiger partial charge in [0.05, 0.1) is 5.39 Å². The largest absolute Gasteiger partial charge is 0.351 e. The average Bonchev–Trinajstić information content (AvgIpc) is 2.99. The molecule has 0 radical (unpaired) electrons. The Bertz CT molecular complexity index is 897. The van der Waals surface area contributed by atoms with Crippen LogP contribution < -0.4 is 4.90 Å². The number of benzene rings is 1. The third-order valence-electron chi connectivity index (χ3n) is 4.98. The molecule has 0 amide bonds. The minimum atomic E-state index is 0.317. The van der Waals surface area contributed by atoms with E-state index in [2.05, 4.69) is 34.1 Å². The van der Waals surface area contributed by atoms with E-state index in [1.165, 1.54) is 19.3 Å². The summed E-state index contributed by atoms with van der Waals surface area (Å²) in [6, 6.07) is 8.81. The fourth-order valence-electron chi connectivity index (χ4n) is 3.77. The molecule has 0 saturated carbocycles. The lowest BCUT2D eigenvalue weighted by Gasteiger charge is -2.40. The molecule has 1 fully saturated rings. The van der Waals surface area contributed by atoms with E-state index in [9.17, 15) is 0 Å². The normalized spacial score (nSPS) is 21.0. The minimum Gasteiger partial charge on any atom is -0.351 e. The van der Waals surface area contributed by atoms with Crippen molar-refractivity contribution >= 4 is 50.6 Å². The number of aromatic nitrogens is 2. The molecule has 2 aromatic heterocycles. The lowest BCUT2D eigenvalue weighted by Crippen LogP contribution is -2.44. The van der Waals surface area contributed by atoms with Crippen LogP contribution in [-0.2, 0) is 0 Å². The second kappa shape index (κ2) is 6.75. The molecule has 2 atom stereocenters. The third kappa shape index (κ3) is 3.12. The Hall–Kier alpha value is -1.36. The molecular formula is C19H19Cl2N3S. The summed E-state index contributed by atoms with van der Waals surface area (Å²) in [5.74, 6) is 0.959. The summed E-state index contributed by atoms with van der Waals surface area (Å²) in [6.45, 7) is 4.54. The van der Waals surface area contributed by atoms with Gasteiger partial charge in [-0.05, 0) is 62.4 Å². The van der Waals surface area contributed by atoms with Crippen LogP contribution in [0.15, 0.2) is 29.6 Å². The summed E-state index contributed by atoms with van der Waals surface area (Å²) < 4.78 is 0. The van der Waals surface area contributed by atoms with Gasteiger partial charge in [-0.25, -0.2) is 4.98 Å². The number of piperidine rings is 1. The molecule has 25 heavy (non-hydrogen) atoms. The van der Waals surface area contributed by atoms with Crippen molar-refractivity contribution in [2.24, 2.45) is 0 Å². The van der Waals surface area contributed by atoms with Crippen molar-refractivity contribution in [1.29, 1.82) is 0 Å². The molecule has 1 aliphatic rings. The van der Waals surface area contributed by atoms with Gasteiger partial charge in [-0.3, -0.25) is 0 Å². The van der Waals surface area contributed by atoms with Crippen LogP contribution in [0.2, 0.25) is 10.3 Å². The quantitative estimate of drug-likeness (QED) is 0.471. The Labute approximate surface area is 161 Å². The summed E-state index contributed by atoms with van der Waals surface area (Å²) in [7, 11) is 0. The average molecular weight is 392 g/mol. The van der Waals surface area contributed by atoms with Crippen LogP contribution in [0.5, 0.6) is 0 Å². The molecule has 6 heteroatoms. The number of hydrogen-bond acceptors (Lipinski definition) is 4. The smallest absolute Gasteiger partial charge is 0.225 e. The standard InChI is InChI=1S/C19H19Cl2N3S/c1-11-4-3-5-12(2)24(11)17-16-15(13-6-8-14(20)9-7-13)10-25-18(16)23-19(21)22-17/h6-12H,3-5H2,1-2H3. The van der Waals surface area contributed by atoms with E-state index in [0.29, 0.717) is 17.4 Å². The van der Waals surface area contributed by atoms with Crippen molar-refractivity contribution < 1.29 is 0 Å². The van der Waals surface area contributed by atoms with E-state index in [0.717, 1.165) is 32.2 Å². The summed E-state index contributed by atoms with van der Waals surface area (Å²) in [5, 5.41) is 4.29. The summed E-state index contributed by atoms with van der Waals surface area (Å²) in [4.78, 5) is 12.5. The van der Waals surface area contributed by atoms with Crippen LogP contribution in [0.4, 0.5) is 5.82 Å². The SMILES string of the molecule is CC1CCCC(C)N1c1nc(Cl)nc2scc(-c3ccc(Cl)cc3)c12. The maximum absolute atomic E-state index is 6.25. The molecule has 1 aliphatic heterocycles. The van der Waals surface area contributed by atoms with Crippen LogP contribution in [0.1, 0.15) is 33.1 Å². The zero-order valence-corrected chi connectivity index (χ0v) is 16.5. The third-order valence-corrected chi connectivity index (χ3v) is 6.27. The molecule has 130 valence electrons. The lowest BCUT2D eigenvalue weighted by molar-refractivity contribution is 0.412. The number of thiophene rings is 1. The first-order valence-corrected chi connectivity index (χ1v) is 10.2. The second-order valence-electron chi connectivity index (χ2n) is 6.69. The molecule has 2 unspecified atom stereocenters. The Morgan fingerprint density at radius 1 is 1.04 bits per heavy atom. The first kappa shape index (κ1) is 17.1. The van der Waals surface area contributed by atoms with Crippen molar-refractivity contribution in [2.75, 3.05) is 4.90 Å². The number of halogens is 2. The summed E-state index contributed by atoms with van der Waals surface area (Å²) >= 11 is 13.9. The Kier molecular flexibility index (Phi) is 4.61. The van der Waals surface area contributed by atoms with Gasteiger partial charge in [0, 0.05) is 28.0 Å². The van der Waals surface area contributed by atoms with E-state index < -0.39 is 0 Å². The van der Waals surface area contributed by atoms with Crippen molar-refractivity contribution in [2.45, 2.75) is 45.2 Å². The fourth-order valence-corrected chi connectivity index (χ4v) is 5.05. The minimum absolute atomic E-state index is 0.317. The van der Waals surface area contributed by atoms with Crippen LogP contribution in [0.3, 0.4) is 0 Å². The zero-order valence-electron chi connectivity index (χ0n) is 14.2. The van der Waals surface area contributed by atoms with Crippen LogP contribution in [-0.4, -0.2) is 22.1 Å². The number of nitrogens with zero attached hydrogens (tertiary/aromatic N) is 3. The van der Waals surface area contributed by atoms with E-state index >= 15 is 0 Å². The fraction of sp³-hybridized carbons (Fsp3) is 0.368. The molecule has 1 saturated heterocycles. The summed E-state index contributed by atoms with van der Waals surface area (Å²) in [5.41, 5.74) is 2.27. The molecule has 3 aromatic rings. The zero-order chi connectivity index (χ0) is 17.6. The topological polar surface area (TPSA) is 29.0 Å². The molecule has 3 heterocycles. The molecule has 1 aromatic carbocycles. The highest BCUT2D eigenvalue weighted by molar-refractivity contribution is 7.17. The molecule has 0 spiro atoms. The molecule has 0 aliphatic carbocycles. The Balaban J connectivity index is 1.94. The monoisotopic (exact) mass is 391 g/mol. The van der Waals surface area contributed by atoms with E-state index in [4.69, 9.17) is 23.2 Å². The first-order valence-electron chi connectivity index (χ1n) is 8.53. The van der Waals surface area contributed by atoms with Gasteiger partial charge in [0.15, 0.2) is 0 Å². The van der Waals surface area contributed by atoms with Gasteiger partial charge < -0.3 is 4.90 Å².